The van der Waals surface area contributed by atoms with Gasteiger partial charge in [0.25, 0.3) is 11.7 Å². The van der Waals surface area contributed by atoms with Gasteiger partial charge in [-0.05, 0) is 35.7 Å². The van der Waals surface area contributed by atoms with Crippen LogP contribution in [-0.2, 0) is 14.3 Å². The number of hydrogen-bond donors (Lipinski definition) is 1. The molecule has 2 aromatic heterocycles. The lowest BCUT2D eigenvalue weighted by Crippen LogP contribution is -2.48. The van der Waals surface area contributed by atoms with Gasteiger partial charge >= 0.3 is 5.82 Å². The van der Waals surface area contributed by atoms with E-state index in [4.69, 9.17) is 9.47 Å². The van der Waals surface area contributed by atoms with Crippen LogP contribution < -0.4 is 15.0 Å². The van der Waals surface area contributed by atoms with Crippen molar-refractivity contribution in [3.8, 4) is 5.75 Å². The Morgan fingerprint density at radius 3 is 3.00 bits per heavy atom. The second kappa shape index (κ2) is 7.67. The molecule has 0 spiro atoms. The number of fused-ring (bicyclic) bond motifs is 1. The van der Waals surface area contributed by atoms with Crippen LogP contribution in [0.4, 0.5) is 16.8 Å². The van der Waals surface area contributed by atoms with Crippen molar-refractivity contribution in [2.75, 3.05) is 23.4 Å². The molecular weight excluding hydrogens is 404 g/mol. The van der Waals surface area contributed by atoms with E-state index in [2.05, 4.69) is 20.5 Å². The third-order valence-electron chi connectivity index (χ3n) is 4.38. The smallest absolute Gasteiger partial charge is 0.366 e. The van der Waals surface area contributed by atoms with E-state index in [1.54, 1.807) is 0 Å². The Morgan fingerprint density at radius 2 is 2.28 bits per heavy atom. The van der Waals surface area contributed by atoms with Crippen molar-refractivity contribution in [2.45, 2.75) is 32.0 Å². The Morgan fingerprint density at radius 1 is 1.45 bits per heavy atom. The minimum absolute atomic E-state index is 0.0743. The lowest BCUT2D eigenvalue weighted by atomic mass is 10.2. The van der Waals surface area contributed by atoms with Gasteiger partial charge < -0.3 is 19.6 Å². The summed E-state index contributed by atoms with van der Waals surface area (Å²) in [5.41, 5.74) is 0. The Labute approximate surface area is 168 Å². The highest BCUT2D eigenvalue weighted by Crippen LogP contribution is 2.34. The number of nitro groups is 1. The van der Waals surface area contributed by atoms with Crippen LogP contribution in [0.2, 0.25) is 0 Å². The van der Waals surface area contributed by atoms with E-state index >= 15 is 0 Å². The fraction of sp³-hybridized carbons (Fsp3) is 0.438. The summed E-state index contributed by atoms with van der Waals surface area (Å²) in [6, 6.07) is 2.53. The first-order valence-corrected chi connectivity index (χ1v) is 9.62. The second-order valence-electron chi connectivity index (χ2n) is 6.43. The molecule has 29 heavy (non-hydrogen) atoms. The fourth-order valence-electron chi connectivity index (χ4n) is 3.02. The maximum atomic E-state index is 12.5. The first kappa shape index (κ1) is 19.1. The number of hydrogen-bond acceptors (Lipinski definition) is 10. The predicted molar refractivity (Wildman–Crippen MR) is 99.8 cm³/mol. The molecule has 4 heterocycles. The van der Waals surface area contributed by atoms with E-state index in [0.29, 0.717) is 11.6 Å². The molecular formula is C16H16N6O6S. The monoisotopic (exact) mass is 420 g/mol. The predicted octanol–water partition coefficient (Wildman–Crippen LogP) is 1.45. The van der Waals surface area contributed by atoms with Gasteiger partial charge in [-0.3, -0.25) is 19.8 Å². The molecule has 0 aromatic carbocycles. The molecule has 2 aromatic rings. The minimum Gasteiger partial charge on any atom is -0.475 e. The van der Waals surface area contributed by atoms with Gasteiger partial charge in [0.2, 0.25) is 11.0 Å². The Hall–Kier alpha value is -3.19. The molecule has 2 aliphatic rings. The molecule has 4 rings (SSSR count). The summed E-state index contributed by atoms with van der Waals surface area (Å²) >= 11 is 1.20. The van der Waals surface area contributed by atoms with E-state index in [1.165, 1.54) is 30.4 Å². The Balaban J connectivity index is 1.50. The van der Waals surface area contributed by atoms with Gasteiger partial charge in [0, 0.05) is 12.7 Å². The third-order valence-corrected chi connectivity index (χ3v) is 5.31. The number of ether oxygens (including phenoxy) is 2. The number of pyridine rings is 1. The number of amides is 2. The average molecular weight is 420 g/mol. The average Bonchev–Trinajstić information content (AvgIpc) is 3.36. The van der Waals surface area contributed by atoms with E-state index in [1.807, 2.05) is 0 Å². The normalized spacial score (nSPS) is 20.9. The van der Waals surface area contributed by atoms with Crippen LogP contribution >= 0.6 is 11.3 Å². The van der Waals surface area contributed by atoms with Crippen molar-refractivity contribution in [3.63, 3.8) is 0 Å². The molecule has 152 valence electrons. The summed E-state index contributed by atoms with van der Waals surface area (Å²) < 4.78 is 11.0. The van der Waals surface area contributed by atoms with E-state index < -0.39 is 35.2 Å². The summed E-state index contributed by atoms with van der Waals surface area (Å²) in [5.74, 6) is -1.41. The molecule has 2 unspecified atom stereocenters. The Kier molecular flexibility index (Phi) is 5.07. The van der Waals surface area contributed by atoms with Gasteiger partial charge in [-0.2, -0.15) is 0 Å². The molecule has 0 saturated carbocycles. The fourth-order valence-corrected chi connectivity index (χ4v) is 3.86. The zero-order valence-corrected chi connectivity index (χ0v) is 16.0. The van der Waals surface area contributed by atoms with Crippen molar-refractivity contribution >= 4 is 39.9 Å². The molecule has 12 nitrogen and oxygen atoms in total. The number of rotatable bonds is 5. The number of anilines is 2. The minimum atomic E-state index is -0.855. The maximum absolute atomic E-state index is 12.5. The van der Waals surface area contributed by atoms with Crippen LogP contribution in [0.1, 0.15) is 30.9 Å². The maximum Gasteiger partial charge on any atom is 0.366 e. The van der Waals surface area contributed by atoms with E-state index in [9.17, 15) is 19.7 Å². The summed E-state index contributed by atoms with van der Waals surface area (Å²) in [4.78, 5) is 40.2. The highest BCUT2D eigenvalue weighted by atomic mass is 32.1. The second-order valence-corrected chi connectivity index (χ2v) is 7.44. The molecule has 1 fully saturated rings. The SMILES string of the molecule is CC1Oc2ccc([N+](=O)[O-])nc2N(CC(=O)Nc2nnc(C3CCCO3)s2)C1=O. The van der Waals surface area contributed by atoms with Crippen LogP contribution in [0.3, 0.4) is 0 Å². The summed E-state index contributed by atoms with van der Waals surface area (Å²) in [7, 11) is 0. The van der Waals surface area contributed by atoms with E-state index in [-0.39, 0.29) is 22.8 Å². The van der Waals surface area contributed by atoms with Crippen molar-refractivity contribution in [1.82, 2.24) is 15.2 Å². The third kappa shape index (κ3) is 3.86. The number of aromatic nitrogens is 3. The molecule has 13 heteroatoms. The number of nitrogens with zero attached hydrogens (tertiary/aromatic N) is 5. The first-order valence-electron chi connectivity index (χ1n) is 8.80. The number of nitrogens with one attached hydrogen (secondary N) is 1. The molecule has 0 bridgehead atoms. The van der Waals surface area contributed by atoms with Crippen molar-refractivity contribution in [1.29, 1.82) is 0 Å². The van der Waals surface area contributed by atoms with Crippen LogP contribution in [0, 0.1) is 10.1 Å². The number of carbonyl (C=O) groups is 2. The standard InChI is InChI=1S/C16H16N6O6S/c1-8-15(24)21(13-9(28-8)4-5-11(17-13)22(25)26)7-12(23)18-16-20-19-14(29-16)10-3-2-6-27-10/h4-5,8,10H,2-3,6-7H2,1H3,(H,18,20,23). The van der Waals surface area contributed by atoms with Gasteiger partial charge in [0.05, 0.1) is 0 Å². The molecule has 0 aliphatic carbocycles. The van der Waals surface area contributed by atoms with Crippen LogP contribution in [0.25, 0.3) is 0 Å². The highest BCUT2D eigenvalue weighted by molar-refractivity contribution is 7.15. The molecule has 2 aliphatic heterocycles. The van der Waals surface area contributed by atoms with Gasteiger partial charge in [-0.1, -0.05) is 11.3 Å². The van der Waals surface area contributed by atoms with Crippen molar-refractivity contribution in [2.24, 2.45) is 0 Å². The zero-order valence-electron chi connectivity index (χ0n) is 15.2. The van der Waals surface area contributed by atoms with Crippen LogP contribution in [0.15, 0.2) is 12.1 Å². The summed E-state index contributed by atoms with van der Waals surface area (Å²) in [6.45, 7) is 1.79. The van der Waals surface area contributed by atoms with Gasteiger partial charge in [-0.15, -0.1) is 10.2 Å². The molecule has 2 amide bonds. The molecule has 0 radical (unpaired) electrons. The number of carbonyl (C=O) groups excluding carboxylic acids is 2. The highest BCUT2D eigenvalue weighted by Gasteiger charge is 2.38. The lowest BCUT2D eigenvalue weighted by molar-refractivity contribution is -0.389. The zero-order chi connectivity index (χ0) is 20.5. The largest absolute Gasteiger partial charge is 0.475 e. The van der Waals surface area contributed by atoms with Crippen molar-refractivity contribution in [3.05, 3.63) is 27.3 Å². The lowest BCUT2D eigenvalue weighted by Gasteiger charge is -2.28. The molecule has 2 atom stereocenters. The Bertz CT molecular complexity index is 975. The van der Waals surface area contributed by atoms with Crippen molar-refractivity contribution < 1.29 is 24.0 Å². The van der Waals surface area contributed by atoms with Gasteiger partial charge in [-0.25, -0.2) is 0 Å². The topological polar surface area (TPSA) is 150 Å². The quantitative estimate of drug-likeness (QED) is 0.560. The van der Waals surface area contributed by atoms with E-state index in [0.717, 1.165) is 17.7 Å². The summed E-state index contributed by atoms with van der Waals surface area (Å²) in [5, 5.41) is 22.5. The summed E-state index contributed by atoms with van der Waals surface area (Å²) in [6.07, 6.45) is 0.828. The first-order chi connectivity index (χ1) is 13.9. The van der Waals surface area contributed by atoms with Crippen LogP contribution in [-0.4, -0.2) is 51.2 Å². The van der Waals surface area contributed by atoms with Gasteiger partial charge in [0.15, 0.2) is 11.9 Å². The van der Waals surface area contributed by atoms with Gasteiger partial charge in [0.1, 0.15) is 17.7 Å². The molecule has 1 N–H and O–H groups in total. The molecule has 1 saturated heterocycles. The van der Waals surface area contributed by atoms with Crippen LogP contribution in [0.5, 0.6) is 5.75 Å².